The van der Waals surface area contributed by atoms with E-state index in [4.69, 9.17) is 4.74 Å². The van der Waals surface area contributed by atoms with Gasteiger partial charge in [-0.25, -0.2) is 4.98 Å². The standard InChI is InChI=1S/C22H33N5O2.HI/c1-23-21(26-17-22(9-14-28)10-15-29-18-22)25-16-20-24-11-13-27(20)12-5-8-19-6-3-2-4-7-19;/h2-4,6-7,11,13,28H,5,8-10,12,14-18H2,1H3,(H2,23,25,26);1H. The predicted octanol–water partition coefficient (Wildman–Crippen LogP) is 2.59. The van der Waals surface area contributed by atoms with E-state index in [9.17, 15) is 5.11 Å². The van der Waals surface area contributed by atoms with Gasteiger partial charge in [-0.2, -0.15) is 0 Å². The third-order valence-corrected chi connectivity index (χ3v) is 5.60. The summed E-state index contributed by atoms with van der Waals surface area (Å²) in [4.78, 5) is 8.82. The number of aromatic nitrogens is 2. The minimum absolute atomic E-state index is 0. The number of rotatable bonds is 10. The van der Waals surface area contributed by atoms with E-state index in [0.717, 1.165) is 57.2 Å². The third kappa shape index (κ3) is 7.24. The summed E-state index contributed by atoms with van der Waals surface area (Å²) in [5.74, 6) is 1.74. The van der Waals surface area contributed by atoms with Crippen LogP contribution in [0.1, 0.15) is 30.7 Å². The molecular weight excluding hydrogens is 493 g/mol. The van der Waals surface area contributed by atoms with Crippen LogP contribution in [-0.4, -0.2) is 54.0 Å². The number of nitrogens with one attached hydrogen (secondary N) is 2. The molecule has 0 bridgehead atoms. The minimum atomic E-state index is -0.0116. The maximum atomic E-state index is 9.38. The highest BCUT2D eigenvalue weighted by Crippen LogP contribution is 2.31. The van der Waals surface area contributed by atoms with E-state index in [2.05, 4.69) is 55.5 Å². The summed E-state index contributed by atoms with van der Waals surface area (Å²) >= 11 is 0. The second-order valence-corrected chi connectivity index (χ2v) is 7.68. The van der Waals surface area contributed by atoms with Crippen LogP contribution in [0.5, 0.6) is 0 Å². The summed E-state index contributed by atoms with van der Waals surface area (Å²) in [6.07, 6.45) is 7.71. The van der Waals surface area contributed by atoms with Crippen LogP contribution in [0.2, 0.25) is 0 Å². The van der Waals surface area contributed by atoms with Gasteiger partial charge >= 0.3 is 0 Å². The van der Waals surface area contributed by atoms with Crippen molar-refractivity contribution < 1.29 is 9.84 Å². The number of benzene rings is 1. The van der Waals surface area contributed by atoms with Gasteiger partial charge in [-0.3, -0.25) is 4.99 Å². The fourth-order valence-electron chi connectivity index (χ4n) is 3.78. The van der Waals surface area contributed by atoms with Crippen LogP contribution < -0.4 is 10.6 Å². The van der Waals surface area contributed by atoms with Gasteiger partial charge in [0, 0.05) is 51.2 Å². The molecule has 1 aliphatic heterocycles. The van der Waals surface area contributed by atoms with E-state index in [1.807, 2.05) is 12.4 Å². The van der Waals surface area contributed by atoms with Crippen LogP contribution in [0, 0.1) is 5.41 Å². The molecule has 8 heteroatoms. The molecule has 1 fully saturated rings. The average Bonchev–Trinajstić information content (AvgIpc) is 3.39. The maximum Gasteiger partial charge on any atom is 0.191 e. The Kier molecular flexibility index (Phi) is 10.6. The Balaban J connectivity index is 0.00000320. The molecule has 166 valence electrons. The molecule has 3 N–H and O–H groups in total. The first-order valence-corrected chi connectivity index (χ1v) is 10.4. The smallest absolute Gasteiger partial charge is 0.191 e. The summed E-state index contributed by atoms with van der Waals surface area (Å²) in [7, 11) is 1.77. The maximum absolute atomic E-state index is 9.38. The minimum Gasteiger partial charge on any atom is -0.396 e. The number of guanidine groups is 1. The third-order valence-electron chi connectivity index (χ3n) is 5.60. The SMILES string of the molecule is CN=C(NCc1nccn1CCCc1ccccc1)NCC1(CCO)CCOC1.I. The number of imidazole rings is 1. The molecule has 1 aromatic heterocycles. The van der Waals surface area contributed by atoms with Crippen molar-refractivity contribution in [3.8, 4) is 0 Å². The zero-order valence-corrected chi connectivity index (χ0v) is 20.0. The number of aliphatic hydroxyl groups excluding tert-OH is 1. The van der Waals surface area contributed by atoms with E-state index in [1.54, 1.807) is 7.05 Å². The molecule has 0 spiro atoms. The van der Waals surface area contributed by atoms with Crippen molar-refractivity contribution in [2.75, 3.05) is 33.4 Å². The monoisotopic (exact) mass is 527 g/mol. The molecule has 1 atom stereocenters. The molecule has 1 saturated heterocycles. The van der Waals surface area contributed by atoms with Gasteiger partial charge in [-0.15, -0.1) is 24.0 Å². The van der Waals surface area contributed by atoms with Gasteiger partial charge in [0.15, 0.2) is 5.96 Å². The van der Waals surface area contributed by atoms with Crippen LogP contribution in [0.25, 0.3) is 0 Å². The topological polar surface area (TPSA) is 83.7 Å². The van der Waals surface area contributed by atoms with Crippen LogP contribution in [0.15, 0.2) is 47.7 Å². The van der Waals surface area contributed by atoms with Crippen LogP contribution in [-0.2, 0) is 24.2 Å². The van der Waals surface area contributed by atoms with Crippen molar-refractivity contribution in [1.29, 1.82) is 0 Å². The zero-order valence-electron chi connectivity index (χ0n) is 17.7. The Labute approximate surface area is 196 Å². The molecule has 2 aromatic rings. The van der Waals surface area contributed by atoms with Gasteiger partial charge in [-0.05, 0) is 31.2 Å². The molecule has 30 heavy (non-hydrogen) atoms. The van der Waals surface area contributed by atoms with E-state index < -0.39 is 0 Å². The fraction of sp³-hybridized carbons (Fsp3) is 0.545. The fourth-order valence-corrected chi connectivity index (χ4v) is 3.78. The Bertz CT molecular complexity index is 760. The molecule has 0 radical (unpaired) electrons. The summed E-state index contributed by atoms with van der Waals surface area (Å²) in [5.41, 5.74) is 1.35. The first-order valence-electron chi connectivity index (χ1n) is 10.4. The van der Waals surface area contributed by atoms with Crippen molar-refractivity contribution in [3.63, 3.8) is 0 Å². The van der Waals surface area contributed by atoms with E-state index >= 15 is 0 Å². The van der Waals surface area contributed by atoms with Crippen molar-refractivity contribution in [1.82, 2.24) is 20.2 Å². The lowest BCUT2D eigenvalue weighted by atomic mass is 9.84. The summed E-state index contributed by atoms with van der Waals surface area (Å²) in [6.45, 7) is 3.91. The lowest BCUT2D eigenvalue weighted by Crippen LogP contribution is -2.44. The van der Waals surface area contributed by atoms with E-state index in [-0.39, 0.29) is 36.0 Å². The Morgan fingerprint density at radius 3 is 2.83 bits per heavy atom. The van der Waals surface area contributed by atoms with Gasteiger partial charge in [0.1, 0.15) is 5.82 Å². The summed E-state index contributed by atoms with van der Waals surface area (Å²) in [6, 6.07) is 10.6. The van der Waals surface area contributed by atoms with Gasteiger partial charge in [0.2, 0.25) is 0 Å². The average molecular weight is 527 g/mol. The number of ether oxygens (including phenoxy) is 1. The van der Waals surface area contributed by atoms with Crippen molar-refractivity contribution in [2.24, 2.45) is 10.4 Å². The molecule has 2 heterocycles. The number of aliphatic imine (C=N–C) groups is 1. The normalized spacial score (nSPS) is 18.8. The number of aryl methyl sites for hydroxylation is 2. The van der Waals surface area contributed by atoms with Crippen molar-refractivity contribution in [2.45, 2.75) is 38.8 Å². The molecule has 0 aliphatic carbocycles. The molecule has 3 rings (SSSR count). The highest BCUT2D eigenvalue weighted by molar-refractivity contribution is 14.0. The van der Waals surface area contributed by atoms with Crippen LogP contribution >= 0.6 is 24.0 Å². The van der Waals surface area contributed by atoms with Crippen LogP contribution in [0.4, 0.5) is 0 Å². The van der Waals surface area contributed by atoms with Gasteiger partial charge in [0.05, 0.1) is 13.2 Å². The molecule has 0 amide bonds. The Hall–Kier alpha value is -1.65. The van der Waals surface area contributed by atoms with E-state index in [1.165, 1.54) is 5.56 Å². The quantitative estimate of drug-likeness (QED) is 0.252. The molecule has 1 unspecified atom stereocenters. The number of aliphatic hydroxyl groups is 1. The Morgan fingerprint density at radius 1 is 1.30 bits per heavy atom. The number of nitrogens with zero attached hydrogens (tertiary/aromatic N) is 3. The molecular formula is C22H34IN5O2. The first-order chi connectivity index (χ1) is 14.2. The highest BCUT2D eigenvalue weighted by atomic mass is 127. The second kappa shape index (κ2) is 12.9. The Morgan fingerprint density at radius 2 is 2.13 bits per heavy atom. The van der Waals surface area contributed by atoms with Crippen LogP contribution in [0.3, 0.4) is 0 Å². The highest BCUT2D eigenvalue weighted by Gasteiger charge is 2.34. The number of hydrogen-bond donors (Lipinski definition) is 3. The van der Waals surface area contributed by atoms with Gasteiger partial charge in [0.25, 0.3) is 0 Å². The number of hydrogen-bond acceptors (Lipinski definition) is 4. The molecule has 0 saturated carbocycles. The second-order valence-electron chi connectivity index (χ2n) is 7.68. The molecule has 1 aromatic carbocycles. The predicted molar refractivity (Wildman–Crippen MR) is 130 cm³/mol. The summed E-state index contributed by atoms with van der Waals surface area (Å²) < 4.78 is 7.75. The van der Waals surface area contributed by atoms with Crippen molar-refractivity contribution >= 4 is 29.9 Å². The van der Waals surface area contributed by atoms with E-state index in [0.29, 0.717) is 13.2 Å². The lowest BCUT2D eigenvalue weighted by Gasteiger charge is -2.27. The summed E-state index contributed by atoms with van der Waals surface area (Å²) in [5, 5.41) is 16.1. The first kappa shape index (κ1) is 24.6. The van der Waals surface area contributed by atoms with Crippen molar-refractivity contribution in [3.05, 3.63) is 54.1 Å². The molecule has 7 nitrogen and oxygen atoms in total. The van der Waals surface area contributed by atoms with Gasteiger partial charge < -0.3 is 25.0 Å². The number of halogens is 1. The molecule has 1 aliphatic rings. The van der Waals surface area contributed by atoms with Gasteiger partial charge in [-0.1, -0.05) is 30.3 Å². The lowest BCUT2D eigenvalue weighted by molar-refractivity contribution is 0.127. The zero-order chi connectivity index (χ0) is 20.4. The largest absolute Gasteiger partial charge is 0.396 e.